The van der Waals surface area contributed by atoms with Crippen LogP contribution in [0.25, 0.3) is 0 Å². The van der Waals surface area contributed by atoms with E-state index in [1.54, 1.807) is 36.4 Å². The van der Waals surface area contributed by atoms with Gasteiger partial charge >= 0.3 is 0 Å². The van der Waals surface area contributed by atoms with Gasteiger partial charge in [0.1, 0.15) is 5.82 Å². The first-order valence-corrected chi connectivity index (χ1v) is 12.2. The highest BCUT2D eigenvalue weighted by molar-refractivity contribution is 6.53. The number of para-hydroxylation sites is 2. The average Bonchev–Trinajstić information content (AvgIpc) is 3.22. The minimum absolute atomic E-state index is 0.0354. The topological polar surface area (TPSA) is 138 Å². The summed E-state index contributed by atoms with van der Waals surface area (Å²) >= 11 is 0. The number of amides is 3. The molecule has 0 radical (unpaired) electrons. The molecule has 5 N–H and O–H groups in total. The average molecular weight is 515 g/mol. The van der Waals surface area contributed by atoms with E-state index in [9.17, 15) is 18.8 Å². The molecule has 0 aromatic heterocycles. The molecule has 10 heteroatoms. The fourth-order valence-corrected chi connectivity index (χ4v) is 3.81. The van der Waals surface area contributed by atoms with Crippen molar-refractivity contribution in [1.82, 2.24) is 5.32 Å². The molecule has 1 aliphatic heterocycles. The van der Waals surface area contributed by atoms with E-state index in [0.29, 0.717) is 53.1 Å². The van der Waals surface area contributed by atoms with Crippen LogP contribution < -0.4 is 21.7 Å². The van der Waals surface area contributed by atoms with E-state index in [1.807, 2.05) is 12.1 Å². The van der Waals surface area contributed by atoms with Crippen LogP contribution in [-0.2, 0) is 9.59 Å². The van der Waals surface area contributed by atoms with Crippen LogP contribution in [0, 0.1) is 5.82 Å². The number of anilines is 3. The molecule has 0 bridgehead atoms. The molecule has 0 atom stereocenters. The first-order valence-electron chi connectivity index (χ1n) is 12.2. The van der Waals surface area contributed by atoms with Crippen LogP contribution in [0.15, 0.2) is 76.9 Å². The number of nitrogens with two attached hydrogens (primary N) is 1. The number of nitrogens with one attached hydrogen (secondary N) is 3. The Morgan fingerprint density at radius 2 is 1.79 bits per heavy atom. The molecule has 38 heavy (non-hydrogen) atoms. The lowest BCUT2D eigenvalue weighted by Gasteiger charge is -2.08. The van der Waals surface area contributed by atoms with Gasteiger partial charge in [0.25, 0.3) is 11.8 Å². The maximum absolute atomic E-state index is 13.5. The Morgan fingerprint density at radius 1 is 1.00 bits per heavy atom. The minimum atomic E-state index is -0.469. The monoisotopic (exact) mass is 514 g/mol. The van der Waals surface area contributed by atoms with Crippen LogP contribution in [0.3, 0.4) is 0 Å². The molecule has 4 rings (SSSR count). The quantitative estimate of drug-likeness (QED) is 0.140. The molecule has 0 fully saturated rings. The number of unbranched alkanes of at least 4 members (excludes halogenated alkanes) is 2. The second kappa shape index (κ2) is 12.4. The summed E-state index contributed by atoms with van der Waals surface area (Å²) in [6, 6.07) is 17.8. The van der Waals surface area contributed by atoms with E-state index < -0.39 is 11.7 Å². The lowest BCUT2D eigenvalue weighted by molar-refractivity contribution is -0.116. The molecule has 3 amide bonds. The maximum atomic E-state index is 13.5. The van der Waals surface area contributed by atoms with Gasteiger partial charge in [-0.25, -0.2) is 4.39 Å². The van der Waals surface area contributed by atoms with Crippen LogP contribution in [0.2, 0.25) is 0 Å². The van der Waals surface area contributed by atoms with Gasteiger partial charge in [-0.05, 0) is 60.9 Å². The predicted octanol–water partition coefficient (Wildman–Crippen LogP) is 4.11. The van der Waals surface area contributed by atoms with E-state index in [0.717, 1.165) is 12.8 Å². The highest BCUT2D eigenvalue weighted by Crippen LogP contribution is 2.24. The number of benzene rings is 3. The van der Waals surface area contributed by atoms with Gasteiger partial charge in [-0.15, -0.1) is 5.10 Å². The summed E-state index contributed by atoms with van der Waals surface area (Å²) in [5, 5.41) is 16.2. The Bertz CT molecular complexity index is 1400. The first kappa shape index (κ1) is 26.2. The van der Waals surface area contributed by atoms with Gasteiger partial charge in [0, 0.05) is 24.1 Å². The predicted molar refractivity (Wildman–Crippen MR) is 146 cm³/mol. The van der Waals surface area contributed by atoms with Crippen LogP contribution in [0.1, 0.15) is 47.2 Å². The molecule has 3 aromatic rings. The molecular weight excluding hydrogens is 487 g/mol. The van der Waals surface area contributed by atoms with Crippen molar-refractivity contribution in [2.45, 2.75) is 25.7 Å². The van der Waals surface area contributed by atoms with Crippen molar-refractivity contribution in [1.29, 1.82) is 0 Å². The van der Waals surface area contributed by atoms with Crippen LogP contribution in [0.4, 0.5) is 21.5 Å². The Kier molecular flexibility index (Phi) is 8.55. The second-order valence-corrected chi connectivity index (χ2v) is 8.66. The fraction of sp³-hybridized carbons (Fsp3) is 0.179. The number of carbonyl (C=O) groups excluding carboxylic acids is 3. The van der Waals surface area contributed by atoms with Crippen molar-refractivity contribution in [2.24, 2.45) is 10.2 Å². The Labute approximate surface area is 219 Å². The van der Waals surface area contributed by atoms with Gasteiger partial charge < -0.3 is 21.7 Å². The summed E-state index contributed by atoms with van der Waals surface area (Å²) in [6.45, 7) is 0.497. The summed E-state index contributed by atoms with van der Waals surface area (Å²) in [5.74, 6) is -1.21. The van der Waals surface area contributed by atoms with E-state index in [4.69, 9.17) is 5.73 Å². The molecule has 9 nitrogen and oxygen atoms in total. The molecule has 0 aliphatic carbocycles. The lowest BCUT2D eigenvalue weighted by atomic mass is 10.1. The van der Waals surface area contributed by atoms with Crippen molar-refractivity contribution < 1.29 is 18.8 Å². The van der Waals surface area contributed by atoms with Gasteiger partial charge in [-0.2, -0.15) is 5.10 Å². The second-order valence-electron chi connectivity index (χ2n) is 8.66. The van der Waals surface area contributed by atoms with Crippen LogP contribution in [-0.4, -0.2) is 36.2 Å². The van der Waals surface area contributed by atoms with Gasteiger partial charge in [0.2, 0.25) is 5.91 Å². The molecule has 0 spiro atoms. The lowest BCUT2D eigenvalue weighted by Crippen LogP contribution is -2.24. The summed E-state index contributed by atoms with van der Waals surface area (Å²) in [4.78, 5) is 36.5. The van der Waals surface area contributed by atoms with Gasteiger partial charge in [0.05, 0.1) is 23.3 Å². The van der Waals surface area contributed by atoms with Crippen LogP contribution >= 0.6 is 0 Å². The number of hydrogen-bond donors (Lipinski definition) is 4. The molecule has 194 valence electrons. The largest absolute Gasteiger partial charge is 0.397 e. The van der Waals surface area contributed by atoms with Gasteiger partial charge in [0.15, 0.2) is 5.71 Å². The third-order valence-electron chi connectivity index (χ3n) is 5.84. The molecule has 1 heterocycles. The Hall–Kier alpha value is -4.86. The fourth-order valence-electron chi connectivity index (χ4n) is 3.81. The number of halogens is 1. The normalized spacial score (nSPS) is 13.4. The molecule has 0 unspecified atom stereocenters. The number of carbonyl (C=O) groups is 3. The third-order valence-corrected chi connectivity index (χ3v) is 5.84. The number of nitrogens with zero attached hydrogens (tertiary/aromatic N) is 2. The minimum Gasteiger partial charge on any atom is -0.397 e. The zero-order valence-electron chi connectivity index (χ0n) is 20.5. The van der Waals surface area contributed by atoms with E-state index >= 15 is 0 Å². The van der Waals surface area contributed by atoms with Gasteiger partial charge in [-0.3, -0.25) is 14.4 Å². The summed E-state index contributed by atoms with van der Waals surface area (Å²) in [7, 11) is 0. The third kappa shape index (κ3) is 6.88. The number of fused-ring (bicyclic) bond motifs is 1. The summed E-state index contributed by atoms with van der Waals surface area (Å²) in [5.41, 5.74) is 9.02. The Balaban J connectivity index is 1.18. The zero-order chi connectivity index (χ0) is 26.9. The summed E-state index contributed by atoms with van der Waals surface area (Å²) < 4.78 is 13.5. The number of hydrogen-bond acceptors (Lipinski definition) is 6. The standard InChI is InChI=1S/C28H27FN6O3/c29-20-13-14-23-21(16-20)26(28(38)34-23)35-32-17-18-9-11-19(12-10-18)27(37)31-15-5-1-2-8-25(36)33-24-7-4-3-6-22(24)30/h3-4,6-7,9-14,16-17H,1-2,5,8,15,30H2,(H,31,37)(H,33,36)(H,34,35,38). The molecular formula is C28H27FN6O3. The van der Waals surface area contributed by atoms with Crippen molar-refractivity contribution in [2.75, 3.05) is 22.9 Å². The first-order chi connectivity index (χ1) is 18.4. The molecule has 3 aromatic carbocycles. The van der Waals surface area contributed by atoms with Gasteiger partial charge in [-0.1, -0.05) is 30.7 Å². The van der Waals surface area contributed by atoms with E-state index in [1.165, 1.54) is 24.4 Å². The Morgan fingerprint density at radius 3 is 2.58 bits per heavy atom. The smallest absolute Gasteiger partial charge is 0.276 e. The molecule has 0 saturated heterocycles. The van der Waals surface area contributed by atoms with Crippen molar-refractivity contribution in [3.8, 4) is 0 Å². The highest BCUT2D eigenvalue weighted by atomic mass is 19.1. The molecule has 0 saturated carbocycles. The van der Waals surface area contributed by atoms with Crippen LogP contribution in [0.5, 0.6) is 0 Å². The number of nitrogen functional groups attached to an aromatic ring is 1. The maximum Gasteiger partial charge on any atom is 0.276 e. The summed E-state index contributed by atoms with van der Waals surface area (Å²) in [6.07, 6.45) is 4.07. The zero-order valence-corrected chi connectivity index (χ0v) is 20.5. The SMILES string of the molecule is Nc1ccccc1NC(=O)CCCCCNC(=O)c1ccc(C=NN=C2C(=O)Nc3ccc(F)cc32)cc1. The van der Waals surface area contributed by atoms with E-state index in [2.05, 4.69) is 26.2 Å². The van der Waals surface area contributed by atoms with Crippen molar-refractivity contribution in [3.05, 3.63) is 89.2 Å². The number of rotatable bonds is 10. The highest BCUT2D eigenvalue weighted by Gasteiger charge is 2.26. The van der Waals surface area contributed by atoms with Crippen molar-refractivity contribution in [3.63, 3.8) is 0 Å². The molecule has 1 aliphatic rings. The van der Waals surface area contributed by atoms with E-state index in [-0.39, 0.29) is 17.5 Å². The van der Waals surface area contributed by atoms with Crippen molar-refractivity contribution >= 4 is 46.7 Å².